The molecule has 3 atom stereocenters. The number of nitrogens with two attached hydrogens (primary N) is 1. The summed E-state index contributed by atoms with van der Waals surface area (Å²) in [5.74, 6) is -0.105. The zero-order chi connectivity index (χ0) is 23.2. The van der Waals surface area contributed by atoms with Crippen LogP contribution in [0.25, 0.3) is 11.1 Å². The van der Waals surface area contributed by atoms with Crippen LogP contribution >= 0.6 is 12.2 Å². The first kappa shape index (κ1) is 22.3. The minimum Gasteiger partial charge on any atom is -0.479 e. The van der Waals surface area contributed by atoms with E-state index in [1.54, 1.807) is 47.9 Å². The summed E-state index contributed by atoms with van der Waals surface area (Å²) in [6, 6.07) is 9.21. The molecule has 1 aliphatic rings. The first-order valence-corrected chi connectivity index (χ1v) is 10.2. The molecule has 0 saturated carbocycles. The Morgan fingerprint density at radius 2 is 1.97 bits per heavy atom. The number of carbonyl (C=O) groups excluding carboxylic acids is 1. The number of carbonyl (C=O) groups is 1. The number of aromatic nitrogens is 1. The zero-order valence-corrected chi connectivity index (χ0v) is 18.8. The third-order valence-corrected chi connectivity index (χ3v) is 6.06. The maximum Gasteiger partial charge on any atom is 0.340 e. The molecule has 2 heterocycles. The predicted molar refractivity (Wildman–Crippen MR) is 118 cm³/mol. The van der Waals surface area contributed by atoms with Crippen molar-refractivity contribution in [1.82, 2.24) is 4.57 Å². The van der Waals surface area contributed by atoms with E-state index >= 15 is 0 Å². The van der Waals surface area contributed by atoms with Gasteiger partial charge in [0.1, 0.15) is 17.4 Å². The molecule has 2 aromatic carbocycles. The number of para-hydroxylation sites is 1. The Balaban J connectivity index is 2.05. The first-order chi connectivity index (χ1) is 15.3. The molecule has 32 heavy (non-hydrogen) atoms. The summed E-state index contributed by atoms with van der Waals surface area (Å²) < 4.78 is 29.4. The van der Waals surface area contributed by atoms with Crippen molar-refractivity contribution in [2.24, 2.45) is 0 Å². The average molecular weight is 461 g/mol. The fraction of sp³-hybridized carbons (Fsp3) is 0.364. The Hall–Kier alpha value is -2.92. The molecule has 1 aliphatic heterocycles. The third kappa shape index (κ3) is 3.27. The van der Waals surface area contributed by atoms with Gasteiger partial charge in [0.25, 0.3) is 4.84 Å². The van der Waals surface area contributed by atoms with Gasteiger partial charge in [-0.25, -0.2) is 4.79 Å². The molecule has 1 aromatic heterocycles. The van der Waals surface area contributed by atoms with Crippen LogP contribution in [0.5, 0.6) is 5.75 Å². The van der Waals surface area contributed by atoms with Gasteiger partial charge in [-0.2, -0.15) is 0 Å². The lowest BCUT2D eigenvalue weighted by molar-refractivity contribution is -0.238. The van der Waals surface area contributed by atoms with Gasteiger partial charge in [0.05, 0.1) is 18.7 Å². The second kappa shape index (κ2) is 8.21. The van der Waals surface area contributed by atoms with E-state index in [1.807, 2.05) is 0 Å². The molecule has 0 unspecified atom stereocenters. The molecule has 0 amide bonds. The number of oxazole rings is 1. The topological polar surface area (TPSA) is 118 Å². The standard InChI is InChI=1S/C22H24N2O7S/c1-22(20(28-3)29-4)18(25)17(13-10-11(23)8-9-14(13)31-22)24-16-12(19(26)27-2)6-5-7-15(16)30-21(24)32/h5-10,17-18,20,25H,23H2,1-4H3/t17-,18+,22+/m0/s1. The molecule has 0 saturated heterocycles. The maximum atomic E-state index is 12.5. The number of fused-ring (bicyclic) bond motifs is 2. The first-order valence-electron chi connectivity index (χ1n) is 9.81. The Morgan fingerprint density at radius 1 is 1.25 bits per heavy atom. The normalized spacial score (nSPS) is 22.6. The van der Waals surface area contributed by atoms with Crippen LogP contribution < -0.4 is 10.5 Å². The number of hydrogen-bond donors (Lipinski definition) is 2. The van der Waals surface area contributed by atoms with E-state index in [0.717, 1.165) is 0 Å². The highest BCUT2D eigenvalue weighted by atomic mass is 32.1. The van der Waals surface area contributed by atoms with Crippen molar-refractivity contribution >= 4 is 35.0 Å². The quantitative estimate of drug-likeness (QED) is 0.256. The Morgan fingerprint density at radius 3 is 2.62 bits per heavy atom. The van der Waals surface area contributed by atoms with E-state index in [4.69, 9.17) is 41.3 Å². The Bertz CT molecular complexity index is 1230. The van der Waals surface area contributed by atoms with E-state index in [-0.39, 0.29) is 10.4 Å². The smallest absolute Gasteiger partial charge is 0.340 e. The van der Waals surface area contributed by atoms with Crippen LogP contribution in [0.3, 0.4) is 0 Å². The minimum absolute atomic E-state index is 0.0596. The van der Waals surface area contributed by atoms with E-state index in [1.165, 1.54) is 21.3 Å². The molecule has 170 valence electrons. The van der Waals surface area contributed by atoms with Crippen LogP contribution in [-0.2, 0) is 14.2 Å². The lowest BCUT2D eigenvalue weighted by Crippen LogP contribution is -2.60. The van der Waals surface area contributed by atoms with Crippen molar-refractivity contribution < 1.29 is 33.3 Å². The number of ether oxygens (including phenoxy) is 4. The molecular weight excluding hydrogens is 436 g/mol. The van der Waals surface area contributed by atoms with E-state index in [2.05, 4.69) is 0 Å². The highest BCUT2D eigenvalue weighted by Gasteiger charge is 2.53. The number of rotatable bonds is 5. The summed E-state index contributed by atoms with van der Waals surface area (Å²) in [6.07, 6.45) is -2.15. The number of nitrogen functional groups attached to an aromatic ring is 1. The van der Waals surface area contributed by atoms with Gasteiger partial charge in [-0.1, -0.05) is 6.07 Å². The van der Waals surface area contributed by atoms with Crippen LogP contribution in [-0.4, -0.2) is 55.0 Å². The van der Waals surface area contributed by atoms with Crippen LogP contribution in [0.15, 0.2) is 40.8 Å². The molecule has 9 nitrogen and oxygen atoms in total. The van der Waals surface area contributed by atoms with Gasteiger partial charge in [0.15, 0.2) is 17.5 Å². The van der Waals surface area contributed by atoms with Gasteiger partial charge < -0.3 is 34.2 Å². The minimum atomic E-state index is -1.34. The lowest BCUT2D eigenvalue weighted by Gasteiger charge is -2.46. The molecule has 0 spiro atoms. The van der Waals surface area contributed by atoms with Crippen molar-refractivity contribution in [3.63, 3.8) is 0 Å². The molecule has 0 fully saturated rings. The number of methoxy groups -OCH3 is 3. The number of aliphatic hydroxyl groups excluding tert-OH is 1. The highest BCUT2D eigenvalue weighted by Crippen LogP contribution is 2.46. The Kier molecular flexibility index (Phi) is 5.72. The zero-order valence-electron chi connectivity index (χ0n) is 18.0. The van der Waals surface area contributed by atoms with E-state index in [9.17, 15) is 9.90 Å². The second-order valence-corrected chi connectivity index (χ2v) is 8.01. The second-order valence-electron chi connectivity index (χ2n) is 7.66. The number of benzene rings is 2. The predicted octanol–water partition coefficient (Wildman–Crippen LogP) is 3.05. The van der Waals surface area contributed by atoms with Gasteiger partial charge in [-0.3, -0.25) is 4.57 Å². The monoisotopic (exact) mass is 460 g/mol. The van der Waals surface area contributed by atoms with Gasteiger partial charge in [-0.05, 0) is 49.5 Å². The van der Waals surface area contributed by atoms with Crippen molar-refractivity contribution in [2.75, 3.05) is 27.1 Å². The fourth-order valence-corrected chi connectivity index (χ4v) is 4.61. The third-order valence-electron chi connectivity index (χ3n) is 5.78. The summed E-state index contributed by atoms with van der Waals surface area (Å²) in [5.41, 5.74) is 6.76. The largest absolute Gasteiger partial charge is 0.479 e. The molecule has 3 N–H and O–H groups in total. The molecule has 0 aliphatic carbocycles. The molecule has 10 heteroatoms. The number of esters is 1. The van der Waals surface area contributed by atoms with Crippen LogP contribution in [0.4, 0.5) is 5.69 Å². The number of hydrogen-bond acceptors (Lipinski definition) is 9. The number of anilines is 1. The average Bonchev–Trinajstić information content (AvgIpc) is 3.11. The molecule has 4 rings (SSSR count). The molecule has 3 aromatic rings. The van der Waals surface area contributed by atoms with Crippen molar-refractivity contribution in [3.8, 4) is 5.75 Å². The summed E-state index contributed by atoms with van der Waals surface area (Å²) >= 11 is 5.53. The number of nitrogens with zero attached hydrogens (tertiary/aromatic N) is 1. The lowest BCUT2D eigenvalue weighted by atomic mass is 9.84. The van der Waals surface area contributed by atoms with Gasteiger partial charge >= 0.3 is 5.97 Å². The van der Waals surface area contributed by atoms with Crippen LogP contribution in [0, 0.1) is 4.84 Å². The summed E-state index contributed by atoms with van der Waals surface area (Å²) in [5, 5.41) is 11.6. The van der Waals surface area contributed by atoms with Crippen molar-refractivity contribution in [2.45, 2.75) is 31.0 Å². The highest BCUT2D eigenvalue weighted by molar-refractivity contribution is 7.71. The Labute approximate surface area is 189 Å². The van der Waals surface area contributed by atoms with Crippen molar-refractivity contribution in [1.29, 1.82) is 0 Å². The fourth-order valence-electron chi connectivity index (χ4n) is 4.32. The van der Waals surface area contributed by atoms with Gasteiger partial charge in [0.2, 0.25) is 0 Å². The SMILES string of the molecule is COC(=O)c1cccc2oc(=S)n([C@H]3c4cc(N)ccc4O[C@@](C)(C(OC)OC)[C@@H]3O)c12. The molecule has 0 radical (unpaired) electrons. The van der Waals surface area contributed by atoms with Crippen LogP contribution in [0.2, 0.25) is 0 Å². The maximum absolute atomic E-state index is 12.5. The summed E-state index contributed by atoms with van der Waals surface area (Å²) in [4.78, 5) is 12.6. The van der Waals surface area contributed by atoms with Gasteiger partial charge in [-0.15, -0.1) is 0 Å². The van der Waals surface area contributed by atoms with Crippen molar-refractivity contribution in [3.05, 3.63) is 52.4 Å². The van der Waals surface area contributed by atoms with Gasteiger partial charge in [0, 0.05) is 25.5 Å². The molecular formula is C22H24N2O7S. The molecule has 0 bridgehead atoms. The van der Waals surface area contributed by atoms with Crippen LogP contribution in [0.1, 0.15) is 28.9 Å². The van der Waals surface area contributed by atoms with E-state index < -0.39 is 30.0 Å². The number of aliphatic hydroxyl groups is 1. The summed E-state index contributed by atoms with van der Waals surface area (Å²) in [7, 11) is 4.20. The van der Waals surface area contributed by atoms with E-state index in [0.29, 0.717) is 28.1 Å². The summed E-state index contributed by atoms with van der Waals surface area (Å²) in [6.45, 7) is 1.68.